The van der Waals surface area contributed by atoms with Gasteiger partial charge < -0.3 is 11.5 Å². The van der Waals surface area contributed by atoms with Crippen LogP contribution in [0, 0.1) is 0 Å². The van der Waals surface area contributed by atoms with E-state index >= 15 is 0 Å². The fourth-order valence-corrected chi connectivity index (χ4v) is 2.38. The number of hydrogen-bond donors (Lipinski definition) is 3. The van der Waals surface area contributed by atoms with Crippen LogP contribution in [0.4, 0.5) is 0 Å². The first-order chi connectivity index (χ1) is 7.41. The summed E-state index contributed by atoms with van der Waals surface area (Å²) in [7, 11) is -3.97. The topological polar surface area (TPSA) is 118 Å². The van der Waals surface area contributed by atoms with Gasteiger partial charge in [0.2, 0.25) is 5.91 Å². The van der Waals surface area contributed by atoms with Gasteiger partial charge in [-0.3, -0.25) is 9.35 Å². The first-order valence-corrected chi connectivity index (χ1v) is 6.78. The van der Waals surface area contributed by atoms with Gasteiger partial charge in [0.1, 0.15) is 0 Å². The SMILES string of the molecule is C=CC(=O)NCCCC(CCC)S(=O)(=O)O.N. The molecule has 0 saturated carbocycles. The van der Waals surface area contributed by atoms with E-state index in [-0.39, 0.29) is 12.1 Å². The zero-order valence-corrected chi connectivity index (χ0v) is 11.0. The fraction of sp³-hybridized carbons (Fsp3) is 0.700. The molecule has 5 N–H and O–H groups in total. The van der Waals surface area contributed by atoms with Crippen LogP contribution < -0.4 is 11.5 Å². The molecule has 0 aliphatic rings. The number of carbonyl (C=O) groups excluding carboxylic acids is 1. The molecule has 7 heteroatoms. The molecule has 0 aliphatic heterocycles. The van der Waals surface area contributed by atoms with E-state index in [1.807, 2.05) is 6.92 Å². The van der Waals surface area contributed by atoms with Crippen molar-refractivity contribution in [1.29, 1.82) is 0 Å². The molecule has 0 radical (unpaired) electrons. The Morgan fingerprint density at radius 3 is 2.47 bits per heavy atom. The lowest BCUT2D eigenvalue weighted by atomic mass is 10.1. The van der Waals surface area contributed by atoms with Crippen LogP contribution in [0.15, 0.2) is 12.7 Å². The van der Waals surface area contributed by atoms with E-state index in [2.05, 4.69) is 11.9 Å². The number of rotatable bonds is 8. The Balaban J connectivity index is 0. The summed E-state index contributed by atoms with van der Waals surface area (Å²) in [5.74, 6) is -0.279. The van der Waals surface area contributed by atoms with Crippen molar-refractivity contribution >= 4 is 16.0 Å². The molecular formula is C10H22N2O4S. The number of amides is 1. The van der Waals surface area contributed by atoms with Gasteiger partial charge in [0.25, 0.3) is 10.1 Å². The molecule has 0 spiro atoms. The number of carbonyl (C=O) groups is 1. The van der Waals surface area contributed by atoms with Crippen molar-refractivity contribution in [3.63, 3.8) is 0 Å². The molecule has 0 aromatic heterocycles. The van der Waals surface area contributed by atoms with Crippen LogP contribution in [0.25, 0.3) is 0 Å². The summed E-state index contributed by atoms with van der Waals surface area (Å²) in [5, 5.41) is 1.82. The predicted octanol–water partition coefficient (Wildman–Crippen LogP) is 1.29. The lowest BCUT2D eigenvalue weighted by Gasteiger charge is -2.12. The van der Waals surface area contributed by atoms with Gasteiger partial charge in [0, 0.05) is 6.54 Å². The Morgan fingerprint density at radius 1 is 1.47 bits per heavy atom. The summed E-state index contributed by atoms with van der Waals surface area (Å²) in [4.78, 5) is 10.8. The lowest BCUT2D eigenvalue weighted by Crippen LogP contribution is -2.25. The molecule has 0 bridgehead atoms. The van der Waals surface area contributed by atoms with E-state index < -0.39 is 15.4 Å². The molecule has 0 aromatic rings. The Bertz CT molecular complexity index is 327. The van der Waals surface area contributed by atoms with Crippen molar-refractivity contribution in [3.05, 3.63) is 12.7 Å². The first kappa shape index (κ1) is 18.4. The zero-order valence-electron chi connectivity index (χ0n) is 10.2. The van der Waals surface area contributed by atoms with Crippen molar-refractivity contribution in [2.75, 3.05) is 6.54 Å². The van der Waals surface area contributed by atoms with Gasteiger partial charge in [-0.2, -0.15) is 8.42 Å². The molecule has 0 heterocycles. The monoisotopic (exact) mass is 266 g/mol. The van der Waals surface area contributed by atoms with Crippen LogP contribution >= 0.6 is 0 Å². The summed E-state index contributed by atoms with van der Waals surface area (Å²) >= 11 is 0. The van der Waals surface area contributed by atoms with Gasteiger partial charge in [0.15, 0.2) is 0 Å². The maximum atomic E-state index is 11.0. The average Bonchev–Trinajstić information content (AvgIpc) is 2.20. The highest BCUT2D eigenvalue weighted by molar-refractivity contribution is 7.86. The smallest absolute Gasteiger partial charge is 0.267 e. The van der Waals surface area contributed by atoms with Crippen molar-refractivity contribution < 1.29 is 17.8 Å². The summed E-state index contributed by atoms with van der Waals surface area (Å²) in [6.07, 6.45) is 3.16. The summed E-state index contributed by atoms with van der Waals surface area (Å²) in [6.45, 7) is 5.54. The standard InChI is InChI=1S/C10H19NO4S.H3N/c1-3-6-9(16(13,14)15)7-5-8-11-10(12)4-2;/h4,9H,2-3,5-8H2,1H3,(H,11,12)(H,13,14,15);1H3. The predicted molar refractivity (Wildman–Crippen MR) is 67.7 cm³/mol. The molecule has 102 valence electrons. The molecule has 0 aliphatic carbocycles. The highest BCUT2D eigenvalue weighted by atomic mass is 32.2. The quantitative estimate of drug-likeness (QED) is 0.347. The molecule has 1 amide bonds. The van der Waals surface area contributed by atoms with E-state index in [0.29, 0.717) is 32.2 Å². The van der Waals surface area contributed by atoms with Crippen LogP contribution in [-0.4, -0.2) is 30.7 Å². The van der Waals surface area contributed by atoms with E-state index in [9.17, 15) is 13.2 Å². The molecule has 6 nitrogen and oxygen atoms in total. The third-order valence-corrected chi connectivity index (χ3v) is 3.53. The van der Waals surface area contributed by atoms with E-state index in [1.54, 1.807) is 0 Å². The minimum Gasteiger partial charge on any atom is -0.353 e. The highest BCUT2D eigenvalue weighted by Gasteiger charge is 2.21. The normalized spacial score (nSPS) is 12.4. The van der Waals surface area contributed by atoms with Crippen molar-refractivity contribution in [2.24, 2.45) is 0 Å². The minimum atomic E-state index is -3.97. The van der Waals surface area contributed by atoms with Crippen molar-refractivity contribution in [2.45, 2.75) is 37.9 Å². The Morgan fingerprint density at radius 2 is 2.06 bits per heavy atom. The van der Waals surface area contributed by atoms with Gasteiger partial charge in [-0.05, 0) is 25.3 Å². The largest absolute Gasteiger partial charge is 0.353 e. The lowest BCUT2D eigenvalue weighted by molar-refractivity contribution is -0.116. The minimum absolute atomic E-state index is 0. The summed E-state index contributed by atoms with van der Waals surface area (Å²) in [5.41, 5.74) is 0. The Labute approximate surface area is 103 Å². The second kappa shape index (κ2) is 9.15. The molecular weight excluding hydrogens is 244 g/mol. The molecule has 1 unspecified atom stereocenters. The second-order valence-corrected chi connectivity index (χ2v) is 5.26. The molecule has 0 fully saturated rings. The van der Waals surface area contributed by atoms with Crippen LogP contribution in [-0.2, 0) is 14.9 Å². The molecule has 0 saturated heterocycles. The average molecular weight is 266 g/mol. The molecule has 0 aromatic carbocycles. The van der Waals surface area contributed by atoms with Gasteiger partial charge in [-0.1, -0.05) is 19.9 Å². The maximum absolute atomic E-state index is 11.0. The number of nitrogens with one attached hydrogen (secondary N) is 1. The van der Waals surface area contributed by atoms with Crippen LogP contribution in [0.1, 0.15) is 32.6 Å². The Kier molecular flexibility index (Phi) is 9.92. The third-order valence-electron chi connectivity index (χ3n) is 2.22. The zero-order chi connectivity index (χ0) is 12.6. The molecule has 0 rings (SSSR count). The third kappa shape index (κ3) is 8.84. The fourth-order valence-electron chi connectivity index (χ4n) is 1.38. The van der Waals surface area contributed by atoms with Gasteiger partial charge >= 0.3 is 0 Å². The van der Waals surface area contributed by atoms with Gasteiger partial charge in [-0.25, -0.2) is 0 Å². The van der Waals surface area contributed by atoms with Crippen LogP contribution in [0.3, 0.4) is 0 Å². The molecule has 1 atom stereocenters. The van der Waals surface area contributed by atoms with E-state index in [1.165, 1.54) is 0 Å². The summed E-state index contributed by atoms with van der Waals surface area (Å²) in [6, 6.07) is 0. The van der Waals surface area contributed by atoms with Crippen LogP contribution in [0.5, 0.6) is 0 Å². The summed E-state index contributed by atoms with van der Waals surface area (Å²) < 4.78 is 30.8. The second-order valence-electron chi connectivity index (χ2n) is 3.56. The van der Waals surface area contributed by atoms with Crippen molar-refractivity contribution in [3.8, 4) is 0 Å². The van der Waals surface area contributed by atoms with Crippen molar-refractivity contribution in [1.82, 2.24) is 11.5 Å². The maximum Gasteiger partial charge on any atom is 0.267 e. The highest BCUT2D eigenvalue weighted by Crippen LogP contribution is 2.13. The van der Waals surface area contributed by atoms with Crippen LogP contribution in [0.2, 0.25) is 0 Å². The molecule has 17 heavy (non-hydrogen) atoms. The van der Waals surface area contributed by atoms with E-state index in [0.717, 1.165) is 6.08 Å². The van der Waals surface area contributed by atoms with Gasteiger partial charge in [-0.15, -0.1) is 0 Å². The first-order valence-electron chi connectivity index (χ1n) is 5.28. The Hall–Kier alpha value is -0.920. The van der Waals surface area contributed by atoms with E-state index in [4.69, 9.17) is 4.55 Å². The van der Waals surface area contributed by atoms with Gasteiger partial charge in [0.05, 0.1) is 5.25 Å². The number of hydrogen-bond acceptors (Lipinski definition) is 4.